The lowest BCUT2D eigenvalue weighted by Gasteiger charge is -2.38. The van der Waals surface area contributed by atoms with Crippen LogP contribution in [-0.2, 0) is 17.6 Å². The molecule has 2 aliphatic carbocycles. The summed E-state index contributed by atoms with van der Waals surface area (Å²) in [7, 11) is 0. The van der Waals surface area contributed by atoms with Crippen LogP contribution in [0, 0.1) is 17.2 Å². The summed E-state index contributed by atoms with van der Waals surface area (Å²) < 4.78 is 0. The Morgan fingerprint density at radius 2 is 1.90 bits per heavy atom. The Kier molecular flexibility index (Phi) is 6.71. The van der Waals surface area contributed by atoms with E-state index in [-0.39, 0.29) is 18.4 Å². The van der Waals surface area contributed by atoms with Crippen molar-refractivity contribution < 1.29 is 4.79 Å². The predicted molar refractivity (Wildman–Crippen MR) is 116 cm³/mol. The number of piperazine rings is 1. The molecule has 0 bridgehead atoms. The average molecular weight is 395 g/mol. The van der Waals surface area contributed by atoms with Gasteiger partial charge in [-0.15, -0.1) is 0 Å². The van der Waals surface area contributed by atoms with Crippen LogP contribution in [-0.4, -0.2) is 49.6 Å². The zero-order valence-corrected chi connectivity index (χ0v) is 17.5. The number of benzene rings is 1. The number of aryl methyl sites for hydroxylation is 1. The molecule has 1 heterocycles. The zero-order chi connectivity index (χ0) is 20.1. The van der Waals surface area contributed by atoms with Crippen molar-refractivity contribution in [2.24, 2.45) is 5.92 Å². The molecule has 1 aliphatic heterocycles. The SMILES string of the molecule is N#CCC(=O)NC1CCC(CCN2CCN(c3cccc4c3CCC4)CC2)CC1. The van der Waals surface area contributed by atoms with Gasteiger partial charge < -0.3 is 10.2 Å². The van der Waals surface area contributed by atoms with Crippen LogP contribution in [0.1, 0.15) is 56.1 Å². The van der Waals surface area contributed by atoms with E-state index in [1.165, 1.54) is 63.8 Å². The smallest absolute Gasteiger partial charge is 0.234 e. The van der Waals surface area contributed by atoms with Gasteiger partial charge in [-0.05, 0) is 81.0 Å². The van der Waals surface area contributed by atoms with Gasteiger partial charge >= 0.3 is 0 Å². The molecular weight excluding hydrogens is 360 g/mol. The largest absolute Gasteiger partial charge is 0.369 e. The molecule has 0 radical (unpaired) electrons. The number of fused-ring (bicyclic) bond motifs is 1. The number of carbonyl (C=O) groups is 1. The molecule has 5 heteroatoms. The Bertz CT molecular complexity index is 740. The van der Waals surface area contributed by atoms with Gasteiger partial charge in [-0.2, -0.15) is 5.26 Å². The van der Waals surface area contributed by atoms with E-state index in [9.17, 15) is 4.79 Å². The molecule has 0 aromatic heterocycles. The van der Waals surface area contributed by atoms with Crippen LogP contribution in [0.3, 0.4) is 0 Å². The summed E-state index contributed by atoms with van der Waals surface area (Å²) in [5, 5.41) is 11.6. The first-order valence-electron chi connectivity index (χ1n) is 11.5. The van der Waals surface area contributed by atoms with Crippen molar-refractivity contribution in [1.29, 1.82) is 5.26 Å². The standard InChI is InChI=1S/C24H34N4O/c25-13-11-24(29)26-21-9-7-19(8-10-21)12-14-27-15-17-28(18-16-27)23-6-2-4-20-3-1-5-22(20)23/h2,4,6,19,21H,1,3,5,7-12,14-18H2,(H,26,29). The first-order chi connectivity index (χ1) is 14.2. The number of hydrogen-bond donors (Lipinski definition) is 1. The van der Waals surface area contributed by atoms with Gasteiger partial charge in [0.2, 0.25) is 5.91 Å². The van der Waals surface area contributed by atoms with E-state index in [4.69, 9.17) is 5.26 Å². The van der Waals surface area contributed by atoms with Crippen molar-refractivity contribution in [2.45, 2.75) is 63.8 Å². The van der Waals surface area contributed by atoms with Crippen molar-refractivity contribution in [3.8, 4) is 6.07 Å². The van der Waals surface area contributed by atoms with Crippen molar-refractivity contribution >= 4 is 11.6 Å². The highest BCUT2D eigenvalue weighted by Crippen LogP contribution is 2.32. The number of carbonyl (C=O) groups excluding carboxylic acids is 1. The number of nitriles is 1. The maximum absolute atomic E-state index is 11.6. The molecule has 0 unspecified atom stereocenters. The van der Waals surface area contributed by atoms with Gasteiger partial charge in [0.15, 0.2) is 0 Å². The van der Waals surface area contributed by atoms with Gasteiger partial charge in [-0.25, -0.2) is 0 Å². The first-order valence-corrected chi connectivity index (χ1v) is 11.5. The van der Waals surface area contributed by atoms with E-state index in [0.29, 0.717) is 0 Å². The summed E-state index contributed by atoms with van der Waals surface area (Å²) >= 11 is 0. The summed E-state index contributed by atoms with van der Waals surface area (Å²) in [6.07, 6.45) is 9.62. The Balaban J connectivity index is 1.17. The number of nitrogens with one attached hydrogen (secondary N) is 1. The molecule has 156 valence electrons. The molecule has 1 amide bonds. The van der Waals surface area contributed by atoms with Gasteiger partial charge in [-0.3, -0.25) is 9.69 Å². The van der Waals surface area contributed by atoms with Crippen LogP contribution in [0.4, 0.5) is 5.69 Å². The molecule has 1 saturated carbocycles. The molecule has 0 spiro atoms. The third-order valence-corrected chi connectivity index (χ3v) is 7.14. The molecule has 3 aliphatic rings. The molecule has 1 aromatic rings. The summed E-state index contributed by atoms with van der Waals surface area (Å²) in [6, 6.07) is 9.09. The highest BCUT2D eigenvalue weighted by atomic mass is 16.1. The Hall–Kier alpha value is -2.06. The molecule has 29 heavy (non-hydrogen) atoms. The van der Waals surface area contributed by atoms with Crippen molar-refractivity contribution in [1.82, 2.24) is 10.2 Å². The summed E-state index contributed by atoms with van der Waals surface area (Å²) in [4.78, 5) is 16.8. The fraction of sp³-hybridized carbons (Fsp3) is 0.667. The van der Waals surface area contributed by atoms with E-state index < -0.39 is 0 Å². The van der Waals surface area contributed by atoms with Crippen LogP contribution in [0.15, 0.2) is 18.2 Å². The molecule has 1 saturated heterocycles. The summed E-state index contributed by atoms with van der Waals surface area (Å²) in [5.41, 5.74) is 4.68. The molecular formula is C24H34N4O. The summed E-state index contributed by atoms with van der Waals surface area (Å²) in [6.45, 7) is 5.84. The second kappa shape index (κ2) is 9.63. The molecule has 1 N–H and O–H groups in total. The van der Waals surface area contributed by atoms with Crippen LogP contribution in [0.25, 0.3) is 0 Å². The molecule has 5 nitrogen and oxygen atoms in total. The Morgan fingerprint density at radius 1 is 1.10 bits per heavy atom. The van der Waals surface area contributed by atoms with Crippen LogP contribution in [0.5, 0.6) is 0 Å². The number of rotatable bonds is 6. The highest BCUT2D eigenvalue weighted by molar-refractivity contribution is 5.78. The van der Waals surface area contributed by atoms with E-state index in [1.54, 1.807) is 11.1 Å². The number of amides is 1. The predicted octanol–water partition coefficient (Wildman–Crippen LogP) is 3.28. The summed E-state index contributed by atoms with van der Waals surface area (Å²) in [5.74, 6) is 0.674. The van der Waals surface area contributed by atoms with Gasteiger partial charge in [0, 0.05) is 37.9 Å². The van der Waals surface area contributed by atoms with Crippen molar-refractivity contribution in [2.75, 3.05) is 37.6 Å². The zero-order valence-electron chi connectivity index (χ0n) is 17.5. The van der Waals surface area contributed by atoms with Crippen LogP contribution >= 0.6 is 0 Å². The van der Waals surface area contributed by atoms with E-state index in [0.717, 1.165) is 31.8 Å². The van der Waals surface area contributed by atoms with E-state index in [1.807, 2.05) is 6.07 Å². The normalized spacial score (nSPS) is 24.7. The van der Waals surface area contributed by atoms with Crippen LogP contribution < -0.4 is 10.2 Å². The lowest BCUT2D eigenvalue weighted by molar-refractivity contribution is -0.121. The lowest BCUT2D eigenvalue weighted by atomic mass is 9.84. The Labute approximate surface area is 175 Å². The molecule has 1 aromatic carbocycles. The third kappa shape index (κ3) is 5.11. The fourth-order valence-electron chi connectivity index (χ4n) is 5.42. The molecule has 2 fully saturated rings. The van der Waals surface area contributed by atoms with Gasteiger partial charge in [0.05, 0.1) is 6.07 Å². The second-order valence-electron chi connectivity index (χ2n) is 9.01. The fourth-order valence-corrected chi connectivity index (χ4v) is 5.42. The topological polar surface area (TPSA) is 59.4 Å². The quantitative estimate of drug-likeness (QED) is 0.804. The molecule has 4 rings (SSSR count). The minimum atomic E-state index is -0.113. The molecule has 0 atom stereocenters. The van der Waals surface area contributed by atoms with Crippen LogP contribution in [0.2, 0.25) is 0 Å². The van der Waals surface area contributed by atoms with Crippen molar-refractivity contribution in [3.63, 3.8) is 0 Å². The maximum Gasteiger partial charge on any atom is 0.234 e. The monoisotopic (exact) mass is 394 g/mol. The number of nitrogens with zero attached hydrogens (tertiary/aromatic N) is 3. The van der Waals surface area contributed by atoms with Gasteiger partial charge in [0.25, 0.3) is 0 Å². The third-order valence-electron chi connectivity index (χ3n) is 7.14. The van der Waals surface area contributed by atoms with Gasteiger partial charge in [0.1, 0.15) is 6.42 Å². The Morgan fingerprint density at radius 3 is 2.66 bits per heavy atom. The minimum absolute atomic E-state index is 0.0162. The lowest BCUT2D eigenvalue weighted by Crippen LogP contribution is -2.47. The second-order valence-corrected chi connectivity index (χ2v) is 9.01. The van der Waals surface area contributed by atoms with E-state index in [2.05, 4.69) is 33.3 Å². The minimum Gasteiger partial charge on any atom is -0.369 e. The maximum atomic E-state index is 11.6. The van der Waals surface area contributed by atoms with Crippen molar-refractivity contribution in [3.05, 3.63) is 29.3 Å². The first kappa shape index (κ1) is 20.2. The highest BCUT2D eigenvalue weighted by Gasteiger charge is 2.25. The number of anilines is 1. The number of hydrogen-bond acceptors (Lipinski definition) is 4. The van der Waals surface area contributed by atoms with Gasteiger partial charge in [-0.1, -0.05) is 12.1 Å². The van der Waals surface area contributed by atoms with E-state index >= 15 is 0 Å². The average Bonchev–Trinajstić information content (AvgIpc) is 3.23.